The van der Waals surface area contributed by atoms with Crippen LogP contribution >= 0.6 is 23.4 Å². The second-order valence-electron chi connectivity index (χ2n) is 4.43. The summed E-state index contributed by atoms with van der Waals surface area (Å²) in [6.07, 6.45) is 7.86. The molecule has 21 heavy (non-hydrogen) atoms. The van der Waals surface area contributed by atoms with Crippen molar-refractivity contribution in [3.8, 4) is 11.4 Å². The first-order chi connectivity index (χ1) is 10.1. The number of pyridine rings is 1. The van der Waals surface area contributed by atoms with E-state index in [4.69, 9.17) is 16.3 Å². The smallest absolute Gasteiger partial charge is 0.155 e. The van der Waals surface area contributed by atoms with E-state index in [-0.39, 0.29) is 5.78 Å². The lowest BCUT2D eigenvalue weighted by molar-refractivity contribution is -0.118. The van der Waals surface area contributed by atoms with Crippen LogP contribution in [0.5, 0.6) is 5.75 Å². The van der Waals surface area contributed by atoms with Crippen LogP contribution in [-0.2, 0) is 11.2 Å². The maximum absolute atomic E-state index is 11.8. The summed E-state index contributed by atoms with van der Waals surface area (Å²) in [7, 11) is 1.58. The first-order valence-corrected chi connectivity index (χ1v) is 8.15. The van der Waals surface area contributed by atoms with E-state index in [0.717, 1.165) is 17.0 Å². The summed E-state index contributed by atoms with van der Waals surface area (Å²) in [6, 6.07) is 1.80. The Kier molecular flexibility index (Phi) is 5.64. The van der Waals surface area contributed by atoms with Gasteiger partial charge >= 0.3 is 0 Å². The Bertz CT molecular complexity index is 630. The highest BCUT2D eigenvalue weighted by Crippen LogP contribution is 2.20. The fourth-order valence-corrected chi connectivity index (χ4v) is 2.43. The fraction of sp³-hybridized carbons (Fsp3) is 0.357. The topological polar surface area (TPSA) is 57.0 Å². The molecule has 2 heterocycles. The molecule has 112 valence electrons. The summed E-state index contributed by atoms with van der Waals surface area (Å²) in [5, 5.41) is 4.56. The number of ether oxygens (including phenoxy) is 1. The van der Waals surface area contributed by atoms with Gasteiger partial charge in [-0.1, -0.05) is 11.6 Å². The van der Waals surface area contributed by atoms with E-state index < -0.39 is 0 Å². The molecule has 0 spiro atoms. The number of hydrogen-bond acceptors (Lipinski definition) is 5. The second kappa shape index (κ2) is 7.47. The minimum Gasteiger partial charge on any atom is -0.495 e. The molecule has 0 aliphatic carbocycles. The number of rotatable bonds is 7. The van der Waals surface area contributed by atoms with Crippen molar-refractivity contribution >= 4 is 29.1 Å². The van der Waals surface area contributed by atoms with Crippen molar-refractivity contribution in [1.29, 1.82) is 0 Å². The molecule has 0 aliphatic rings. The molecule has 0 atom stereocenters. The molecular weight excluding hydrogens is 310 g/mol. The Morgan fingerprint density at radius 2 is 2.29 bits per heavy atom. The monoisotopic (exact) mass is 325 g/mol. The van der Waals surface area contributed by atoms with Gasteiger partial charge in [0.15, 0.2) is 5.15 Å². The normalized spacial score (nSPS) is 10.6. The summed E-state index contributed by atoms with van der Waals surface area (Å²) in [5.41, 5.74) is 1.46. The number of halogens is 1. The summed E-state index contributed by atoms with van der Waals surface area (Å²) in [4.78, 5) is 15.9. The van der Waals surface area contributed by atoms with Crippen LogP contribution in [0.15, 0.2) is 24.7 Å². The van der Waals surface area contributed by atoms with Gasteiger partial charge in [-0.3, -0.25) is 9.78 Å². The van der Waals surface area contributed by atoms with Crippen molar-refractivity contribution in [3.63, 3.8) is 0 Å². The number of nitrogens with zero attached hydrogens (tertiary/aromatic N) is 3. The van der Waals surface area contributed by atoms with Gasteiger partial charge in [-0.15, -0.1) is 0 Å². The van der Waals surface area contributed by atoms with Crippen molar-refractivity contribution < 1.29 is 9.53 Å². The van der Waals surface area contributed by atoms with E-state index >= 15 is 0 Å². The SMILES string of the molecule is COc1cncc(-n2cc(CC(=O)CCSC)c(Cl)n2)c1. The first kappa shape index (κ1) is 15.9. The molecule has 2 aromatic heterocycles. The lowest BCUT2D eigenvalue weighted by atomic mass is 10.1. The third-order valence-electron chi connectivity index (χ3n) is 2.91. The van der Waals surface area contributed by atoms with Gasteiger partial charge in [-0.2, -0.15) is 16.9 Å². The van der Waals surface area contributed by atoms with E-state index in [1.165, 1.54) is 0 Å². The van der Waals surface area contributed by atoms with Crippen molar-refractivity contribution in [2.75, 3.05) is 19.1 Å². The van der Waals surface area contributed by atoms with Crippen molar-refractivity contribution in [1.82, 2.24) is 14.8 Å². The zero-order valence-corrected chi connectivity index (χ0v) is 13.4. The molecule has 5 nitrogen and oxygen atoms in total. The van der Waals surface area contributed by atoms with E-state index in [0.29, 0.717) is 23.7 Å². The third kappa shape index (κ3) is 4.22. The lowest BCUT2D eigenvalue weighted by Gasteiger charge is -2.03. The van der Waals surface area contributed by atoms with Crippen molar-refractivity contribution in [2.24, 2.45) is 0 Å². The highest BCUT2D eigenvalue weighted by Gasteiger charge is 2.12. The zero-order chi connectivity index (χ0) is 15.2. The van der Waals surface area contributed by atoms with Crippen molar-refractivity contribution in [2.45, 2.75) is 12.8 Å². The Balaban J connectivity index is 2.16. The van der Waals surface area contributed by atoms with Crippen molar-refractivity contribution in [3.05, 3.63) is 35.4 Å². The van der Waals surface area contributed by atoms with Crippen LogP contribution in [0.1, 0.15) is 12.0 Å². The quantitative estimate of drug-likeness (QED) is 0.783. The van der Waals surface area contributed by atoms with Gasteiger partial charge < -0.3 is 4.74 Å². The largest absolute Gasteiger partial charge is 0.495 e. The van der Waals surface area contributed by atoms with Gasteiger partial charge in [0, 0.05) is 30.7 Å². The molecule has 2 aromatic rings. The molecule has 0 fully saturated rings. The van der Waals surface area contributed by atoms with Crippen LogP contribution in [0.25, 0.3) is 5.69 Å². The molecule has 2 rings (SSSR count). The Hall–Kier alpha value is -1.53. The first-order valence-electron chi connectivity index (χ1n) is 6.38. The van der Waals surface area contributed by atoms with E-state index in [1.54, 1.807) is 48.2 Å². The predicted molar refractivity (Wildman–Crippen MR) is 84.6 cm³/mol. The van der Waals surface area contributed by atoms with E-state index in [9.17, 15) is 4.79 Å². The standard InChI is InChI=1S/C14H16ClN3O2S/c1-20-13-6-11(7-16-8-13)18-9-10(14(15)17-18)5-12(19)3-4-21-2/h6-9H,3-5H2,1-2H3. The average molecular weight is 326 g/mol. The van der Waals surface area contributed by atoms with Crippen LogP contribution in [-0.4, -0.2) is 39.7 Å². The van der Waals surface area contributed by atoms with Gasteiger partial charge in [-0.05, 0) is 12.0 Å². The third-order valence-corrected chi connectivity index (χ3v) is 3.84. The molecule has 7 heteroatoms. The molecule has 0 aromatic carbocycles. The highest BCUT2D eigenvalue weighted by molar-refractivity contribution is 7.98. The summed E-state index contributed by atoms with van der Waals surface area (Å²) in [6.45, 7) is 0. The number of aromatic nitrogens is 3. The number of carbonyl (C=O) groups is 1. The van der Waals surface area contributed by atoms with Gasteiger partial charge in [-0.25, -0.2) is 4.68 Å². The van der Waals surface area contributed by atoms with Crippen LogP contribution in [0.4, 0.5) is 0 Å². The van der Waals surface area contributed by atoms with Gasteiger partial charge in [0.2, 0.25) is 0 Å². The average Bonchev–Trinajstić information content (AvgIpc) is 2.86. The highest BCUT2D eigenvalue weighted by atomic mass is 35.5. The van der Waals surface area contributed by atoms with Crippen LogP contribution in [0, 0.1) is 0 Å². The minimum atomic E-state index is 0.162. The maximum Gasteiger partial charge on any atom is 0.155 e. The summed E-state index contributed by atoms with van der Waals surface area (Å²) < 4.78 is 6.74. The predicted octanol–water partition coefficient (Wildman–Crippen LogP) is 2.79. The Labute approximate surface area is 132 Å². The molecule has 0 bridgehead atoms. The Morgan fingerprint density at radius 1 is 1.48 bits per heavy atom. The lowest BCUT2D eigenvalue weighted by Crippen LogP contribution is -2.03. The number of methoxy groups -OCH3 is 1. The number of thioether (sulfide) groups is 1. The molecule has 0 saturated heterocycles. The molecule has 0 N–H and O–H groups in total. The molecule has 0 amide bonds. The van der Waals surface area contributed by atoms with Crippen LogP contribution in [0.3, 0.4) is 0 Å². The summed E-state index contributed by atoms with van der Waals surface area (Å²) in [5.74, 6) is 1.62. The molecule has 0 radical (unpaired) electrons. The van der Waals surface area contributed by atoms with Gasteiger partial charge in [0.05, 0.1) is 25.2 Å². The van der Waals surface area contributed by atoms with Gasteiger partial charge in [0.25, 0.3) is 0 Å². The molecule has 0 aliphatic heterocycles. The van der Waals surface area contributed by atoms with Crippen LogP contribution < -0.4 is 4.74 Å². The number of ketones is 1. The maximum atomic E-state index is 11.8. The second-order valence-corrected chi connectivity index (χ2v) is 5.77. The number of hydrogen-bond donors (Lipinski definition) is 0. The zero-order valence-electron chi connectivity index (χ0n) is 11.9. The van der Waals surface area contributed by atoms with E-state index in [1.807, 2.05) is 6.26 Å². The minimum absolute atomic E-state index is 0.162. The fourth-order valence-electron chi connectivity index (χ4n) is 1.80. The molecular formula is C14H16ClN3O2S. The summed E-state index contributed by atoms with van der Waals surface area (Å²) >= 11 is 7.76. The molecule has 0 saturated carbocycles. The Morgan fingerprint density at radius 3 is 3.00 bits per heavy atom. The number of Topliss-reactive ketones (excluding diaryl/α,β-unsaturated/α-hetero) is 1. The number of carbonyl (C=O) groups excluding carboxylic acids is 1. The van der Waals surface area contributed by atoms with Gasteiger partial charge in [0.1, 0.15) is 11.5 Å². The van der Waals surface area contributed by atoms with E-state index in [2.05, 4.69) is 10.1 Å². The van der Waals surface area contributed by atoms with Crippen LogP contribution in [0.2, 0.25) is 5.15 Å². The molecule has 0 unspecified atom stereocenters.